The highest BCUT2D eigenvalue weighted by molar-refractivity contribution is 9.10. The van der Waals surface area contributed by atoms with E-state index in [1.807, 2.05) is 6.07 Å². The molecule has 7 heteroatoms. The second kappa shape index (κ2) is 8.20. The van der Waals surface area contributed by atoms with Crippen molar-refractivity contribution in [1.29, 1.82) is 0 Å². The van der Waals surface area contributed by atoms with E-state index in [1.165, 1.54) is 0 Å². The first-order chi connectivity index (χ1) is 9.04. The molecule has 1 aliphatic rings. The number of carbonyl (C=O) groups is 1. The van der Waals surface area contributed by atoms with Crippen LogP contribution in [0.2, 0.25) is 5.02 Å². The van der Waals surface area contributed by atoms with Crippen LogP contribution in [-0.2, 0) is 4.79 Å². The van der Waals surface area contributed by atoms with Gasteiger partial charge in [0.05, 0.1) is 17.3 Å². The molecule has 0 aliphatic carbocycles. The predicted octanol–water partition coefficient (Wildman–Crippen LogP) is 2.89. The Bertz CT molecular complexity index is 473. The van der Waals surface area contributed by atoms with E-state index < -0.39 is 0 Å². The number of anilines is 1. The standard InChI is InChI=1S/C13H17BrClN3O.ClH/c14-9-3-4-12(11(15)6-9)17-13(19)8-18-5-1-2-10(16)7-18;/h3-4,6,10H,1-2,5,7-8,16H2,(H,17,19);1H/t10-;/m1./s1. The van der Waals surface area contributed by atoms with Crippen molar-refractivity contribution in [3.05, 3.63) is 27.7 Å². The molecule has 0 spiro atoms. The summed E-state index contributed by atoms with van der Waals surface area (Å²) in [6, 6.07) is 5.57. The van der Waals surface area contributed by atoms with Crippen LogP contribution in [-0.4, -0.2) is 36.5 Å². The minimum Gasteiger partial charge on any atom is -0.327 e. The molecule has 2 rings (SSSR count). The SMILES string of the molecule is Cl.N[C@@H]1CCCN(CC(=O)Nc2ccc(Br)cc2Cl)C1. The molecule has 1 aromatic rings. The molecular formula is C13H18BrCl2N3O. The van der Waals surface area contributed by atoms with Crippen LogP contribution in [0.3, 0.4) is 0 Å². The lowest BCUT2D eigenvalue weighted by atomic mass is 10.1. The lowest BCUT2D eigenvalue weighted by Crippen LogP contribution is -2.45. The molecule has 0 saturated carbocycles. The number of nitrogens with zero attached hydrogens (tertiary/aromatic N) is 1. The summed E-state index contributed by atoms with van der Waals surface area (Å²) in [4.78, 5) is 14.0. The molecule has 0 unspecified atom stereocenters. The van der Waals surface area contributed by atoms with Gasteiger partial charge in [0.1, 0.15) is 0 Å². The average molecular weight is 383 g/mol. The summed E-state index contributed by atoms with van der Waals surface area (Å²) < 4.78 is 0.887. The van der Waals surface area contributed by atoms with Crippen molar-refractivity contribution < 1.29 is 4.79 Å². The summed E-state index contributed by atoms with van der Waals surface area (Å²) in [5, 5.41) is 3.35. The third kappa shape index (κ3) is 5.22. The van der Waals surface area contributed by atoms with Gasteiger partial charge in [-0.1, -0.05) is 27.5 Å². The smallest absolute Gasteiger partial charge is 0.238 e. The first-order valence-corrected chi connectivity index (χ1v) is 7.44. The largest absolute Gasteiger partial charge is 0.327 e. The Kier molecular flexibility index (Phi) is 7.26. The van der Waals surface area contributed by atoms with E-state index in [9.17, 15) is 4.79 Å². The van der Waals surface area contributed by atoms with Crippen LogP contribution in [0.25, 0.3) is 0 Å². The summed E-state index contributed by atoms with van der Waals surface area (Å²) >= 11 is 9.39. The molecule has 0 aromatic heterocycles. The highest BCUT2D eigenvalue weighted by Gasteiger charge is 2.19. The summed E-state index contributed by atoms with van der Waals surface area (Å²) in [7, 11) is 0. The lowest BCUT2D eigenvalue weighted by Gasteiger charge is -2.29. The normalized spacial score (nSPS) is 19.2. The van der Waals surface area contributed by atoms with Crippen molar-refractivity contribution in [1.82, 2.24) is 4.90 Å². The van der Waals surface area contributed by atoms with Crippen molar-refractivity contribution in [3.8, 4) is 0 Å². The fourth-order valence-corrected chi connectivity index (χ4v) is 2.94. The summed E-state index contributed by atoms with van der Waals surface area (Å²) in [6.45, 7) is 2.07. The maximum atomic E-state index is 12.0. The number of halogens is 3. The third-order valence-electron chi connectivity index (χ3n) is 3.11. The number of likely N-dealkylation sites (tertiary alicyclic amines) is 1. The number of rotatable bonds is 3. The monoisotopic (exact) mass is 381 g/mol. The van der Waals surface area contributed by atoms with Gasteiger partial charge in [-0.25, -0.2) is 0 Å². The fourth-order valence-electron chi connectivity index (χ4n) is 2.22. The van der Waals surface area contributed by atoms with Gasteiger partial charge < -0.3 is 11.1 Å². The number of carbonyl (C=O) groups excluding carboxylic acids is 1. The van der Waals surface area contributed by atoms with Crippen LogP contribution < -0.4 is 11.1 Å². The topological polar surface area (TPSA) is 58.4 Å². The maximum absolute atomic E-state index is 12.0. The van der Waals surface area contributed by atoms with Crippen molar-refractivity contribution in [3.63, 3.8) is 0 Å². The van der Waals surface area contributed by atoms with Gasteiger partial charge in [0, 0.05) is 17.1 Å². The van der Waals surface area contributed by atoms with Gasteiger partial charge in [-0.15, -0.1) is 12.4 Å². The van der Waals surface area contributed by atoms with Gasteiger partial charge >= 0.3 is 0 Å². The van der Waals surface area contributed by atoms with Crippen LogP contribution in [0.5, 0.6) is 0 Å². The molecule has 0 bridgehead atoms. The molecule has 1 saturated heterocycles. The Morgan fingerprint density at radius 1 is 1.55 bits per heavy atom. The van der Waals surface area contributed by atoms with E-state index in [-0.39, 0.29) is 24.4 Å². The maximum Gasteiger partial charge on any atom is 0.238 e. The molecule has 3 N–H and O–H groups in total. The average Bonchev–Trinajstić information content (AvgIpc) is 2.33. The Balaban J connectivity index is 0.00000200. The molecule has 1 atom stereocenters. The first kappa shape index (κ1) is 17.7. The van der Waals surface area contributed by atoms with Crippen LogP contribution in [0, 0.1) is 0 Å². The Morgan fingerprint density at radius 3 is 2.95 bits per heavy atom. The van der Waals surface area contributed by atoms with Gasteiger partial charge in [-0.05, 0) is 37.6 Å². The fraction of sp³-hybridized carbons (Fsp3) is 0.462. The van der Waals surface area contributed by atoms with Crippen molar-refractivity contribution in [2.24, 2.45) is 5.73 Å². The second-order valence-electron chi connectivity index (χ2n) is 4.81. The zero-order chi connectivity index (χ0) is 13.8. The van der Waals surface area contributed by atoms with Crippen molar-refractivity contribution in [2.45, 2.75) is 18.9 Å². The number of nitrogens with one attached hydrogen (secondary N) is 1. The zero-order valence-corrected chi connectivity index (χ0v) is 14.1. The molecule has 1 aromatic carbocycles. The van der Waals surface area contributed by atoms with Gasteiger partial charge in [-0.3, -0.25) is 9.69 Å². The van der Waals surface area contributed by atoms with E-state index in [0.717, 1.165) is 30.4 Å². The Hall–Kier alpha value is -0.330. The molecule has 112 valence electrons. The van der Waals surface area contributed by atoms with Crippen LogP contribution in [0.4, 0.5) is 5.69 Å². The minimum atomic E-state index is -0.0571. The highest BCUT2D eigenvalue weighted by atomic mass is 79.9. The van der Waals surface area contributed by atoms with Crippen molar-refractivity contribution >= 4 is 51.5 Å². The minimum absolute atomic E-state index is 0. The Morgan fingerprint density at radius 2 is 2.30 bits per heavy atom. The third-order valence-corrected chi connectivity index (χ3v) is 3.92. The molecule has 4 nitrogen and oxygen atoms in total. The van der Waals surface area contributed by atoms with Crippen LogP contribution >= 0.6 is 39.9 Å². The molecule has 1 aliphatic heterocycles. The number of piperidine rings is 1. The predicted molar refractivity (Wildman–Crippen MR) is 88.7 cm³/mol. The number of hydrogen-bond donors (Lipinski definition) is 2. The number of nitrogens with two attached hydrogens (primary N) is 1. The van der Waals surface area contributed by atoms with E-state index in [2.05, 4.69) is 26.1 Å². The van der Waals surface area contributed by atoms with E-state index >= 15 is 0 Å². The van der Waals surface area contributed by atoms with Gasteiger partial charge in [0.2, 0.25) is 5.91 Å². The summed E-state index contributed by atoms with van der Waals surface area (Å²) in [5.41, 5.74) is 6.53. The van der Waals surface area contributed by atoms with E-state index in [0.29, 0.717) is 17.3 Å². The second-order valence-corrected chi connectivity index (χ2v) is 6.13. The highest BCUT2D eigenvalue weighted by Crippen LogP contribution is 2.25. The molecule has 20 heavy (non-hydrogen) atoms. The van der Waals surface area contributed by atoms with Crippen molar-refractivity contribution in [2.75, 3.05) is 25.0 Å². The Labute approximate surface area is 138 Å². The van der Waals surface area contributed by atoms with Gasteiger partial charge in [-0.2, -0.15) is 0 Å². The van der Waals surface area contributed by atoms with E-state index in [1.54, 1.807) is 12.1 Å². The molecule has 1 fully saturated rings. The quantitative estimate of drug-likeness (QED) is 0.844. The molecule has 1 heterocycles. The van der Waals surface area contributed by atoms with Crippen LogP contribution in [0.15, 0.2) is 22.7 Å². The summed E-state index contributed by atoms with van der Waals surface area (Å²) in [5.74, 6) is -0.0571. The zero-order valence-electron chi connectivity index (χ0n) is 10.9. The van der Waals surface area contributed by atoms with E-state index in [4.69, 9.17) is 17.3 Å². The van der Waals surface area contributed by atoms with Gasteiger partial charge in [0.25, 0.3) is 0 Å². The summed E-state index contributed by atoms with van der Waals surface area (Å²) in [6.07, 6.45) is 2.09. The molecule has 0 radical (unpaired) electrons. The molecule has 1 amide bonds. The first-order valence-electron chi connectivity index (χ1n) is 6.27. The number of hydrogen-bond acceptors (Lipinski definition) is 3. The lowest BCUT2D eigenvalue weighted by molar-refractivity contribution is -0.117. The number of benzene rings is 1. The number of amides is 1. The molecular weight excluding hydrogens is 365 g/mol. The van der Waals surface area contributed by atoms with Gasteiger partial charge in [0.15, 0.2) is 0 Å². The van der Waals surface area contributed by atoms with Crippen LogP contribution in [0.1, 0.15) is 12.8 Å².